The van der Waals surface area contributed by atoms with Gasteiger partial charge in [0.2, 0.25) is 0 Å². The third-order valence-corrected chi connectivity index (χ3v) is 8.21. The van der Waals surface area contributed by atoms with Crippen LogP contribution in [0.1, 0.15) is 49.5 Å². The molecular formula is C20H29IN4O2S2. The van der Waals surface area contributed by atoms with E-state index in [0.717, 1.165) is 29.8 Å². The molecule has 0 saturated carbocycles. The summed E-state index contributed by atoms with van der Waals surface area (Å²) < 4.78 is 27.4. The quantitative estimate of drug-likeness (QED) is 0.314. The van der Waals surface area contributed by atoms with Gasteiger partial charge < -0.3 is 11.1 Å². The molecule has 6 nitrogen and oxygen atoms in total. The van der Waals surface area contributed by atoms with Gasteiger partial charge in [-0.3, -0.25) is 0 Å². The minimum Gasteiger partial charge on any atom is -0.370 e. The smallest absolute Gasteiger partial charge is 0.252 e. The van der Waals surface area contributed by atoms with Crippen LogP contribution in [0.5, 0.6) is 0 Å². The molecule has 1 aromatic carbocycles. The molecule has 0 aliphatic carbocycles. The molecule has 0 atom stereocenters. The molecule has 0 radical (unpaired) electrons. The number of hydrogen-bond acceptors (Lipinski definition) is 4. The molecule has 1 saturated heterocycles. The Morgan fingerprint density at radius 3 is 2.62 bits per heavy atom. The number of rotatable bonds is 6. The van der Waals surface area contributed by atoms with Crippen molar-refractivity contribution in [3.8, 4) is 0 Å². The van der Waals surface area contributed by atoms with E-state index in [0.29, 0.717) is 35.7 Å². The largest absolute Gasteiger partial charge is 0.370 e. The van der Waals surface area contributed by atoms with Crippen LogP contribution in [0, 0.1) is 0 Å². The van der Waals surface area contributed by atoms with Crippen molar-refractivity contribution in [2.24, 2.45) is 10.7 Å². The maximum Gasteiger partial charge on any atom is 0.252 e. The number of piperidine rings is 1. The van der Waals surface area contributed by atoms with E-state index in [-0.39, 0.29) is 24.0 Å². The van der Waals surface area contributed by atoms with Gasteiger partial charge in [-0.25, -0.2) is 13.4 Å². The molecule has 2 aromatic rings. The minimum absolute atomic E-state index is 0. The van der Waals surface area contributed by atoms with E-state index in [2.05, 4.69) is 36.3 Å². The predicted molar refractivity (Wildman–Crippen MR) is 132 cm³/mol. The summed E-state index contributed by atoms with van der Waals surface area (Å²) in [6.45, 7) is 5.86. The molecule has 1 aliphatic heterocycles. The Kier molecular flexibility index (Phi) is 8.92. The van der Waals surface area contributed by atoms with E-state index in [9.17, 15) is 8.42 Å². The predicted octanol–water partition coefficient (Wildman–Crippen LogP) is 4.59. The van der Waals surface area contributed by atoms with Crippen LogP contribution < -0.4 is 11.1 Å². The van der Waals surface area contributed by atoms with Gasteiger partial charge in [0, 0.05) is 23.7 Å². The van der Waals surface area contributed by atoms with Crippen LogP contribution in [0.15, 0.2) is 45.6 Å². The Morgan fingerprint density at radius 1 is 1.21 bits per heavy atom. The van der Waals surface area contributed by atoms with Crippen molar-refractivity contribution in [1.29, 1.82) is 0 Å². The fraction of sp³-hybridized carbons (Fsp3) is 0.450. The molecular weight excluding hydrogens is 519 g/mol. The van der Waals surface area contributed by atoms with Crippen LogP contribution in [0.3, 0.4) is 0 Å². The third-order valence-electron chi connectivity index (χ3n) is 4.78. The van der Waals surface area contributed by atoms with Crippen LogP contribution in [0.4, 0.5) is 5.69 Å². The number of nitrogens with two attached hydrogens (primary N) is 1. The lowest BCUT2D eigenvalue weighted by Crippen LogP contribution is -2.35. The van der Waals surface area contributed by atoms with Crippen molar-refractivity contribution in [3.05, 3.63) is 46.8 Å². The molecule has 9 heteroatoms. The molecule has 29 heavy (non-hydrogen) atoms. The summed E-state index contributed by atoms with van der Waals surface area (Å²) >= 11 is 1.27. The zero-order valence-corrected chi connectivity index (χ0v) is 20.8. The number of halogens is 1. The van der Waals surface area contributed by atoms with Crippen LogP contribution in [0.2, 0.25) is 0 Å². The highest BCUT2D eigenvalue weighted by Gasteiger charge is 2.27. The number of aliphatic imine (C=N–C) groups is 1. The molecule has 1 aromatic heterocycles. The lowest BCUT2D eigenvalue weighted by molar-refractivity contribution is 0.347. The second-order valence-electron chi connectivity index (χ2n) is 7.29. The van der Waals surface area contributed by atoms with Crippen LogP contribution >= 0.6 is 35.3 Å². The maximum absolute atomic E-state index is 12.7. The van der Waals surface area contributed by atoms with Crippen molar-refractivity contribution in [2.45, 2.75) is 49.8 Å². The summed E-state index contributed by atoms with van der Waals surface area (Å²) in [4.78, 5) is 5.23. The van der Waals surface area contributed by atoms with Crippen LogP contribution in [-0.4, -0.2) is 31.8 Å². The van der Waals surface area contributed by atoms with Gasteiger partial charge in [-0.05, 0) is 48.6 Å². The Balaban J connectivity index is 0.00000300. The maximum atomic E-state index is 12.7. The van der Waals surface area contributed by atoms with Gasteiger partial charge in [-0.15, -0.1) is 35.3 Å². The first-order valence-corrected chi connectivity index (χ1v) is 11.9. The number of nitrogens with one attached hydrogen (secondary N) is 1. The summed E-state index contributed by atoms with van der Waals surface area (Å²) in [7, 11) is -3.38. The minimum atomic E-state index is -3.38. The van der Waals surface area contributed by atoms with Crippen molar-refractivity contribution in [1.82, 2.24) is 4.31 Å². The highest BCUT2D eigenvalue weighted by Crippen LogP contribution is 2.27. The molecule has 0 unspecified atom stereocenters. The van der Waals surface area contributed by atoms with Gasteiger partial charge in [-0.1, -0.05) is 32.4 Å². The lowest BCUT2D eigenvalue weighted by atomic mass is 10.0. The lowest BCUT2D eigenvalue weighted by Gasteiger charge is -2.25. The number of anilines is 1. The Hall–Kier alpha value is -1.17. The zero-order valence-electron chi connectivity index (χ0n) is 16.8. The van der Waals surface area contributed by atoms with Crippen molar-refractivity contribution >= 4 is 57.0 Å². The van der Waals surface area contributed by atoms with Gasteiger partial charge in [-0.2, -0.15) is 4.31 Å². The first kappa shape index (κ1) is 24.1. The Morgan fingerprint density at radius 2 is 1.93 bits per heavy atom. The van der Waals surface area contributed by atoms with E-state index in [1.807, 2.05) is 18.2 Å². The highest BCUT2D eigenvalue weighted by atomic mass is 127. The molecule has 1 aliphatic rings. The number of thiophene rings is 1. The van der Waals surface area contributed by atoms with E-state index in [4.69, 9.17) is 5.73 Å². The second kappa shape index (κ2) is 10.7. The molecule has 0 bridgehead atoms. The molecule has 3 N–H and O–H groups in total. The Labute approximate surface area is 194 Å². The number of benzene rings is 1. The van der Waals surface area contributed by atoms with Gasteiger partial charge >= 0.3 is 0 Å². The van der Waals surface area contributed by atoms with E-state index in [1.54, 1.807) is 10.4 Å². The van der Waals surface area contributed by atoms with E-state index in [1.165, 1.54) is 16.9 Å². The third kappa shape index (κ3) is 6.40. The SMILES string of the molecule is CC(C)c1cccc(NC(N)=NCc2ccc(S(=O)(=O)N3CCCCC3)s2)c1.I. The molecule has 3 rings (SSSR count). The second-order valence-corrected chi connectivity index (χ2v) is 10.6. The summed E-state index contributed by atoms with van der Waals surface area (Å²) in [5.74, 6) is 0.751. The first-order chi connectivity index (χ1) is 13.4. The number of nitrogens with zero attached hydrogens (tertiary/aromatic N) is 2. The fourth-order valence-electron chi connectivity index (χ4n) is 3.14. The van der Waals surface area contributed by atoms with E-state index >= 15 is 0 Å². The van der Waals surface area contributed by atoms with Gasteiger partial charge in [0.1, 0.15) is 4.21 Å². The zero-order chi connectivity index (χ0) is 20.1. The summed E-state index contributed by atoms with van der Waals surface area (Å²) in [5.41, 5.74) is 8.13. The van der Waals surface area contributed by atoms with Gasteiger partial charge in [0.05, 0.1) is 6.54 Å². The van der Waals surface area contributed by atoms with Crippen LogP contribution in [0.25, 0.3) is 0 Å². The van der Waals surface area contributed by atoms with Gasteiger partial charge in [0.15, 0.2) is 5.96 Å². The average molecular weight is 549 g/mol. The average Bonchev–Trinajstić information content (AvgIpc) is 3.17. The molecule has 1 fully saturated rings. The van der Waals surface area contributed by atoms with Crippen molar-refractivity contribution in [2.75, 3.05) is 18.4 Å². The molecule has 0 amide bonds. The topological polar surface area (TPSA) is 87.8 Å². The summed E-state index contributed by atoms with van der Waals surface area (Å²) in [6.07, 6.45) is 2.96. The summed E-state index contributed by atoms with van der Waals surface area (Å²) in [5, 5.41) is 3.10. The standard InChI is InChI=1S/C20H28N4O2S2.HI/c1-15(2)16-7-6-8-17(13-16)23-20(21)22-14-18-9-10-19(27-18)28(25,26)24-11-4-3-5-12-24;/h6-10,13,15H,3-5,11-12,14H2,1-2H3,(H3,21,22,23);1H. The monoisotopic (exact) mass is 548 g/mol. The van der Waals surface area contributed by atoms with Crippen molar-refractivity contribution < 1.29 is 8.42 Å². The van der Waals surface area contributed by atoms with Gasteiger partial charge in [0.25, 0.3) is 10.0 Å². The number of sulfonamides is 1. The molecule has 160 valence electrons. The van der Waals surface area contributed by atoms with Crippen molar-refractivity contribution in [3.63, 3.8) is 0 Å². The molecule has 2 heterocycles. The van der Waals surface area contributed by atoms with Crippen LogP contribution in [-0.2, 0) is 16.6 Å². The first-order valence-electron chi connectivity index (χ1n) is 9.62. The Bertz CT molecular complexity index is 935. The molecule has 0 spiro atoms. The van der Waals surface area contributed by atoms with E-state index < -0.39 is 10.0 Å². The number of hydrogen-bond donors (Lipinski definition) is 2. The normalized spacial score (nSPS) is 15.9. The highest BCUT2D eigenvalue weighted by molar-refractivity contribution is 14.0. The fourth-order valence-corrected chi connectivity index (χ4v) is 6.09. The number of guanidine groups is 1. The summed E-state index contributed by atoms with van der Waals surface area (Å²) in [6, 6.07) is 11.6.